The third kappa shape index (κ3) is 4.56. The van der Waals surface area contributed by atoms with E-state index in [0.717, 1.165) is 5.56 Å². The van der Waals surface area contributed by atoms with Gasteiger partial charge in [-0.25, -0.2) is 0 Å². The lowest BCUT2D eigenvalue weighted by atomic mass is 10.1. The fourth-order valence-electron chi connectivity index (χ4n) is 3.37. The predicted molar refractivity (Wildman–Crippen MR) is 115 cm³/mol. The minimum absolute atomic E-state index is 0.0549. The quantitative estimate of drug-likeness (QED) is 0.293. The van der Waals surface area contributed by atoms with Crippen molar-refractivity contribution >= 4 is 11.6 Å². The smallest absolute Gasteiger partial charge is 0.290 e. The SMILES string of the molecule is C[C@@H](c1ccccc1)N(CCc1nc(-c2cccc([N+](=O)[O-])c2)no1)C(=O)c1ccco1. The molecule has 0 aliphatic carbocycles. The number of carbonyl (C=O) groups is 1. The van der Waals surface area contributed by atoms with Crippen LogP contribution in [0, 0.1) is 10.1 Å². The summed E-state index contributed by atoms with van der Waals surface area (Å²) < 4.78 is 10.6. The van der Waals surface area contributed by atoms with E-state index in [9.17, 15) is 14.9 Å². The van der Waals surface area contributed by atoms with Gasteiger partial charge in [-0.2, -0.15) is 4.98 Å². The normalized spacial score (nSPS) is 11.8. The Balaban J connectivity index is 1.53. The number of nitro groups is 1. The zero-order chi connectivity index (χ0) is 22.5. The van der Waals surface area contributed by atoms with Crippen molar-refractivity contribution in [2.45, 2.75) is 19.4 Å². The van der Waals surface area contributed by atoms with Crippen molar-refractivity contribution in [1.82, 2.24) is 15.0 Å². The Morgan fingerprint density at radius 2 is 1.94 bits per heavy atom. The van der Waals surface area contributed by atoms with Gasteiger partial charge >= 0.3 is 0 Å². The standard InChI is InChI=1S/C23H20N4O5/c1-16(17-7-3-2-4-8-17)26(23(28)20-11-6-14-31-20)13-12-21-24-22(25-32-21)18-9-5-10-19(15-18)27(29)30/h2-11,14-16H,12-13H2,1H3/t16-/m0/s1. The second-order valence-corrected chi connectivity index (χ2v) is 7.13. The summed E-state index contributed by atoms with van der Waals surface area (Å²) >= 11 is 0. The third-order valence-corrected chi connectivity index (χ3v) is 5.09. The maximum atomic E-state index is 13.1. The minimum Gasteiger partial charge on any atom is -0.459 e. The lowest BCUT2D eigenvalue weighted by Gasteiger charge is -2.28. The number of furan rings is 1. The first-order chi connectivity index (χ1) is 15.5. The van der Waals surface area contributed by atoms with Gasteiger partial charge in [0.1, 0.15) is 0 Å². The zero-order valence-electron chi connectivity index (χ0n) is 17.2. The molecular weight excluding hydrogens is 412 g/mol. The van der Waals surface area contributed by atoms with Crippen LogP contribution >= 0.6 is 0 Å². The van der Waals surface area contributed by atoms with Gasteiger partial charge in [0.15, 0.2) is 5.76 Å². The van der Waals surface area contributed by atoms with E-state index < -0.39 is 4.92 Å². The summed E-state index contributed by atoms with van der Waals surface area (Å²) in [6.07, 6.45) is 1.77. The lowest BCUT2D eigenvalue weighted by Crippen LogP contribution is -2.35. The highest BCUT2D eigenvalue weighted by Crippen LogP contribution is 2.24. The van der Waals surface area contributed by atoms with Crippen molar-refractivity contribution in [3.63, 3.8) is 0 Å². The summed E-state index contributed by atoms with van der Waals surface area (Å²) in [5, 5.41) is 14.9. The van der Waals surface area contributed by atoms with E-state index in [4.69, 9.17) is 8.94 Å². The number of non-ortho nitro benzene ring substituents is 1. The first-order valence-electron chi connectivity index (χ1n) is 10.00. The molecule has 32 heavy (non-hydrogen) atoms. The van der Waals surface area contributed by atoms with E-state index in [-0.39, 0.29) is 29.2 Å². The van der Waals surface area contributed by atoms with Crippen molar-refractivity contribution < 1.29 is 18.7 Å². The number of rotatable bonds is 8. The summed E-state index contributed by atoms with van der Waals surface area (Å²) in [6.45, 7) is 2.25. The lowest BCUT2D eigenvalue weighted by molar-refractivity contribution is -0.384. The van der Waals surface area contributed by atoms with Crippen LogP contribution in [0.3, 0.4) is 0 Å². The van der Waals surface area contributed by atoms with E-state index in [1.807, 2.05) is 37.3 Å². The highest BCUT2D eigenvalue weighted by molar-refractivity contribution is 5.91. The Bertz CT molecular complexity index is 1200. The summed E-state index contributed by atoms with van der Waals surface area (Å²) in [4.78, 5) is 29.6. The average Bonchev–Trinajstić information content (AvgIpc) is 3.52. The molecule has 0 bridgehead atoms. The number of hydrogen-bond donors (Lipinski definition) is 0. The first kappa shape index (κ1) is 21.0. The molecule has 2 aromatic carbocycles. The van der Waals surface area contributed by atoms with Crippen LogP contribution < -0.4 is 0 Å². The Morgan fingerprint density at radius 1 is 1.12 bits per heavy atom. The monoisotopic (exact) mass is 432 g/mol. The Morgan fingerprint density at radius 3 is 2.66 bits per heavy atom. The number of nitro benzene ring substituents is 1. The van der Waals surface area contributed by atoms with E-state index >= 15 is 0 Å². The van der Waals surface area contributed by atoms with Crippen LogP contribution in [0.1, 0.15) is 35.0 Å². The fraction of sp³-hybridized carbons (Fsp3) is 0.174. The second-order valence-electron chi connectivity index (χ2n) is 7.13. The van der Waals surface area contributed by atoms with Crippen LogP contribution in [0.5, 0.6) is 0 Å². The first-order valence-corrected chi connectivity index (χ1v) is 10.00. The van der Waals surface area contributed by atoms with Crippen molar-refractivity contribution in [1.29, 1.82) is 0 Å². The number of carbonyl (C=O) groups excluding carboxylic acids is 1. The zero-order valence-corrected chi connectivity index (χ0v) is 17.2. The molecule has 162 valence electrons. The molecule has 2 heterocycles. The molecule has 0 N–H and O–H groups in total. The number of nitrogens with zero attached hydrogens (tertiary/aromatic N) is 4. The molecule has 0 saturated carbocycles. The molecule has 0 spiro atoms. The number of hydrogen-bond acceptors (Lipinski definition) is 7. The summed E-state index contributed by atoms with van der Waals surface area (Å²) in [7, 11) is 0. The van der Waals surface area contributed by atoms with E-state index in [2.05, 4.69) is 10.1 Å². The van der Waals surface area contributed by atoms with Crippen molar-refractivity contribution in [2.24, 2.45) is 0 Å². The van der Waals surface area contributed by atoms with Gasteiger partial charge in [0.25, 0.3) is 11.6 Å². The van der Waals surface area contributed by atoms with Crippen LogP contribution in [0.15, 0.2) is 81.9 Å². The van der Waals surface area contributed by atoms with Gasteiger partial charge in [-0.3, -0.25) is 14.9 Å². The summed E-state index contributed by atoms with van der Waals surface area (Å²) in [5.74, 6) is 0.577. The fourth-order valence-corrected chi connectivity index (χ4v) is 3.37. The number of benzene rings is 2. The molecule has 0 unspecified atom stereocenters. The molecule has 0 aliphatic rings. The van der Waals surface area contributed by atoms with Crippen molar-refractivity contribution in [3.05, 3.63) is 100 Å². The van der Waals surface area contributed by atoms with E-state index in [0.29, 0.717) is 24.4 Å². The molecule has 0 saturated heterocycles. The van der Waals surface area contributed by atoms with Crippen LogP contribution in [-0.2, 0) is 6.42 Å². The van der Waals surface area contributed by atoms with Gasteiger partial charge in [0.05, 0.1) is 17.2 Å². The van der Waals surface area contributed by atoms with Gasteiger partial charge in [-0.05, 0) is 24.6 Å². The van der Waals surface area contributed by atoms with Gasteiger partial charge in [0, 0.05) is 30.7 Å². The summed E-state index contributed by atoms with van der Waals surface area (Å²) in [6, 6.07) is 18.8. The number of amides is 1. The van der Waals surface area contributed by atoms with Crippen molar-refractivity contribution in [2.75, 3.05) is 6.54 Å². The van der Waals surface area contributed by atoms with Crippen LogP contribution in [0.2, 0.25) is 0 Å². The Kier molecular flexibility index (Phi) is 6.07. The third-order valence-electron chi connectivity index (χ3n) is 5.09. The van der Waals surface area contributed by atoms with Crippen molar-refractivity contribution in [3.8, 4) is 11.4 Å². The molecule has 4 aromatic rings. The molecular formula is C23H20N4O5. The predicted octanol–water partition coefficient (Wildman–Crippen LogP) is 4.68. The Labute approximate surface area is 183 Å². The molecule has 0 fully saturated rings. The summed E-state index contributed by atoms with van der Waals surface area (Å²) in [5.41, 5.74) is 1.41. The van der Waals surface area contributed by atoms with Gasteiger partial charge < -0.3 is 13.8 Å². The minimum atomic E-state index is -0.479. The largest absolute Gasteiger partial charge is 0.459 e. The van der Waals surface area contributed by atoms with E-state index in [1.54, 1.807) is 29.2 Å². The number of aromatic nitrogens is 2. The molecule has 4 rings (SSSR count). The highest BCUT2D eigenvalue weighted by atomic mass is 16.6. The highest BCUT2D eigenvalue weighted by Gasteiger charge is 2.25. The topological polar surface area (TPSA) is 116 Å². The van der Waals surface area contributed by atoms with Crippen LogP contribution in [0.4, 0.5) is 5.69 Å². The maximum Gasteiger partial charge on any atom is 0.290 e. The van der Waals surface area contributed by atoms with Gasteiger partial charge in [0.2, 0.25) is 11.7 Å². The second kappa shape index (κ2) is 9.25. The van der Waals surface area contributed by atoms with E-state index in [1.165, 1.54) is 18.4 Å². The van der Waals surface area contributed by atoms with Crippen LogP contribution in [0.25, 0.3) is 11.4 Å². The Hall–Kier alpha value is -4.27. The van der Waals surface area contributed by atoms with Crippen LogP contribution in [-0.4, -0.2) is 32.4 Å². The molecule has 2 aromatic heterocycles. The molecule has 0 radical (unpaired) electrons. The molecule has 9 heteroatoms. The average molecular weight is 432 g/mol. The van der Waals surface area contributed by atoms with Gasteiger partial charge in [-0.15, -0.1) is 0 Å². The molecule has 1 amide bonds. The molecule has 9 nitrogen and oxygen atoms in total. The maximum absolute atomic E-state index is 13.1. The van der Waals surface area contributed by atoms with Gasteiger partial charge in [-0.1, -0.05) is 47.6 Å². The molecule has 1 atom stereocenters. The molecule has 0 aliphatic heterocycles.